The van der Waals surface area contributed by atoms with Crippen molar-refractivity contribution in [3.63, 3.8) is 0 Å². The fourth-order valence-corrected chi connectivity index (χ4v) is 7.17. The highest BCUT2D eigenvalue weighted by Crippen LogP contribution is 2.50. The summed E-state index contributed by atoms with van der Waals surface area (Å²) >= 11 is 0. The molecule has 0 N–H and O–H groups in total. The number of allylic oxidation sites excluding steroid dienone is 8. The monoisotopic (exact) mass is 692 g/mol. The molecule has 0 aromatic heterocycles. The van der Waals surface area contributed by atoms with Gasteiger partial charge in [-0.2, -0.15) is 0 Å². The van der Waals surface area contributed by atoms with Crippen LogP contribution in [-0.2, 0) is 13.6 Å². The molecule has 0 saturated heterocycles. The minimum atomic E-state index is -3.04. The van der Waals surface area contributed by atoms with E-state index in [1.54, 1.807) is 0 Å². The van der Waals surface area contributed by atoms with E-state index < -0.39 is 7.60 Å². The molecule has 48 heavy (non-hydrogen) atoms. The fourth-order valence-electron chi connectivity index (χ4n) is 5.76. The number of rotatable bonds is 37. The van der Waals surface area contributed by atoms with Gasteiger partial charge in [-0.15, -0.1) is 0 Å². The van der Waals surface area contributed by atoms with Crippen molar-refractivity contribution in [2.45, 2.75) is 194 Å². The third-order valence-electron chi connectivity index (χ3n) is 8.98. The Balaban J connectivity index is 4.25. The number of hydrogen-bond donors (Lipinski definition) is 0. The zero-order valence-electron chi connectivity index (χ0n) is 32.8. The van der Waals surface area contributed by atoms with E-state index in [1.165, 1.54) is 128 Å². The number of unbranched alkanes of at least 4 members (excludes halogenated alkanes) is 18. The average molecular weight is 692 g/mol. The summed E-state index contributed by atoms with van der Waals surface area (Å²) in [5, 5.41) is 0. The second-order valence-electron chi connectivity index (χ2n) is 14.0. The van der Waals surface area contributed by atoms with Gasteiger partial charge in [-0.05, 0) is 91.1 Å². The van der Waals surface area contributed by atoms with Gasteiger partial charge in [0.15, 0.2) is 0 Å². The second kappa shape index (κ2) is 37.3. The van der Waals surface area contributed by atoms with Crippen molar-refractivity contribution in [3.8, 4) is 0 Å². The molecular formula is C43H82NO3P. The van der Waals surface area contributed by atoms with Crippen LogP contribution in [0.4, 0.5) is 0 Å². The van der Waals surface area contributed by atoms with E-state index in [2.05, 4.69) is 67.4 Å². The maximum Gasteiger partial charge on any atom is 0.330 e. The molecule has 0 fully saturated rings. The van der Waals surface area contributed by atoms with Crippen LogP contribution in [0.5, 0.6) is 0 Å². The predicted octanol–water partition coefficient (Wildman–Crippen LogP) is 14.6. The maximum absolute atomic E-state index is 13.4. The van der Waals surface area contributed by atoms with Gasteiger partial charge in [-0.3, -0.25) is 4.57 Å². The van der Waals surface area contributed by atoms with E-state index in [0.29, 0.717) is 12.8 Å². The van der Waals surface area contributed by atoms with Gasteiger partial charge in [-0.1, -0.05) is 159 Å². The Hall–Kier alpha value is -0.930. The van der Waals surface area contributed by atoms with Crippen molar-refractivity contribution in [1.82, 2.24) is 4.90 Å². The minimum Gasteiger partial charge on any atom is -0.307 e. The highest BCUT2D eigenvalue weighted by molar-refractivity contribution is 7.53. The number of likely N-dealkylation sites (N-methyl/N-ethyl adjacent to an activating group) is 1. The van der Waals surface area contributed by atoms with Gasteiger partial charge >= 0.3 is 7.60 Å². The van der Waals surface area contributed by atoms with E-state index in [1.807, 2.05) is 21.0 Å². The molecule has 0 aliphatic rings. The first-order valence-electron chi connectivity index (χ1n) is 20.6. The van der Waals surface area contributed by atoms with Crippen molar-refractivity contribution >= 4 is 7.60 Å². The standard InChI is InChI=1S/C43H82NO3P/c1-6-9-11-13-15-17-19-21-23-25-27-29-31-33-35-37-39-43(47-48(45,8-3)46-42-41-44(4)5)40-38-36-34-32-30-28-26-24-22-20-18-16-14-12-10-7-2/h15-18,21-24,43H,6-14,19-20,25-42H2,1-5H3/b17-15-,18-16-,23-21-,24-22-. The Labute approximate surface area is 301 Å². The van der Waals surface area contributed by atoms with Crippen LogP contribution in [0.15, 0.2) is 48.6 Å². The zero-order chi connectivity index (χ0) is 35.2. The van der Waals surface area contributed by atoms with E-state index in [4.69, 9.17) is 9.05 Å². The lowest BCUT2D eigenvalue weighted by Crippen LogP contribution is -2.19. The first kappa shape index (κ1) is 47.1. The van der Waals surface area contributed by atoms with Crippen molar-refractivity contribution in [2.75, 3.05) is 33.4 Å². The molecule has 0 spiro atoms. The topological polar surface area (TPSA) is 38.8 Å². The minimum absolute atomic E-state index is 0.0480. The molecular weight excluding hydrogens is 609 g/mol. The SMILES string of the molecule is CCCCC/C=C\C/C=C\CCCCCCCCC(CCCCCCCC/C=C\C/C=C\CCCCC)OP(=O)(CC)OCCN(C)C. The van der Waals surface area contributed by atoms with Gasteiger partial charge in [0.2, 0.25) is 0 Å². The maximum atomic E-state index is 13.4. The molecule has 0 aromatic carbocycles. The summed E-state index contributed by atoms with van der Waals surface area (Å²) in [7, 11) is 0.987. The zero-order valence-corrected chi connectivity index (χ0v) is 33.7. The summed E-state index contributed by atoms with van der Waals surface area (Å²) in [6.45, 7) is 7.68. The van der Waals surface area contributed by atoms with Gasteiger partial charge in [0.25, 0.3) is 0 Å². The smallest absolute Gasteiger partial charge is 0.307 e. The van der Waals surface area contributed by atoms with Crippen LogP contribution in [0.3, 0.4) is 0 Å². The average Bonchev–Trinajstić information content (AvgIpc) is 3.07. The molecule has 5 heteroatoms. The van der Waals surface area contributed by atoms with Crippen molar-refractivity contribution < 1.29 is 13.6 Å². The molecule has 1 atom stereocenters. The van der Waals surface area contributed by atoms with Crippen LogP contribution in [0.25, 0.3) is 0 Å². The van der Waals surface area contributed by atoms with Crippen molar-refractivity contribution in [3.05, 3.63) is 48.6 Å². The van der Waals surface area contributed by atoms with E-state index in [0.717, 1.165) is 45.1 Å². The summed E-state index contributed by atoms with van der Waals surface area (Å²) in [5.74, 6) is 0. The molecule has 282 valence electrons. The second-order valence-corrected chi connectivity index (χ2v) is 16.4. The van der Waals surface area contributed by atoms with Crippen molar-refractivity contribution in [2.24, 2.45) is 0 Å². The lowest BCUT2D eigenvalue weighted by molar-refractivity contribution is 0.124. The molecule has 0 aromatic rings. The lowest BCUT2D eigenvalue weighted by atomic mass is 10.0. The Bertz CT molecular complexity index is 771. The third kappa shape index (κ3) is 34.9. The first-order chi connectivity index (χ1) is 23.5. The summed E-state index contributed by atoms with van der Waals surface area (Å²) in [6.07, 6.45) is 51.3. The van der Waals surface area contributed by atoms with Crippen LogP contribution in [0.1, 0.15) is 188 Å². The van der Waals surface area contributed by atoms with Gasteiger partial charge in [-0.25, -0.2) is 0 Å². The van der Waals surface area contributed by atoms with Gasteiger partial charge in [0, 0.05) is 12.7 Å². The highest BCUT2D eigenvalue weighted by atomic mass is 31.2. The van der Waals surface area contributed by atoms with Gasteiger partial charge < -0.3 is 13.9 Å². The normalized spacial score (nSPS) is 13.9. The number of hydrogen-bond acceptors (Lipinski definition) is 4. The summed E-state index contributed by atoms with van der Waals surface area (Å²) in [4.78, 5) is 2.06. The predicted molar refractivity (Wildman–Crippen MR) is 215 cm³/mol. The van der Waals surface area contributed by atoms with E-state index in [9.17, 15) is 4.57 Å². The van der Waals surface area contributed by atoms with Gasteiger partial charge in [0.1, 0.15) is 0 Å². The molecule has 1 unspecified atom stereocenters. The Morgan fingerprint density at radius 1 is 0.521 bits per heavy atom. The quantitative estimate of drug-likeness (QED) is 0.0369. The molecule has 0 rings (SSSR count). The molecule has 0 amide bonds. The van der Waals surface area contributed by atoms with Crippen molar-refractivity contribution in [1.29, 1.82) is 0 Å². The Morgan fingerprint density at radius 3 is 1.27 bits per heavy atom. The van der Waals surface area contributed by atoms with Crippen LogP contribution < -0.4 is 0 Å². The fraction of sp³-hybridized carbons (Fsp3) is 0.814. The molecule has 0 aliphatic carbocycles. The Kier molecular flexibility index (Phi) is 36.6. The van der Waals surface area contributed by atoms with Crippen LogP contribution in [0.2, 0.25) is 0 Å². The highest BCUT2D eigenvalue weighted by Gasteiger charge is 2.26. The molecule has 0 heterocycles. The third-order valence-corrected chi connectivity index (χ3v) is 10.9. The molecule has 4 nitrogen and oxygen atoms in total. The van der Waals surface area contributed by atoms with E-state index >= 15 is 0 Å². The summed E-state index contributed by atoms with van der Waals surface area (Å²) < 4.78 is 25.6. The van der Waals surface area contributed by atoms with Crippen LogP contribution >= 0.6 is 7.60 Å². The summed E-state index contributed by atoms with van der Waals surface area (Å²) in [6, 6.07) is 0. The van der Waals surface area contributed by atoms with Crippen LogP contribution in [0, 0.1) is 0 Å². The Morgan fingerprint density at radius 2 is 0.896 bits per heavy atom. The molecule has 0 radical (unpaired) electrons. The molecule has 0 saturated carbocycles. The summed E-state index contributed by atoms with van der Waals surface area (Å²) in [5.41, 5.74) is 0. The largest absolute Gasteiger partial charge is 0.330 e. The first-order valence-corrected chi connectivity index (χ1v) is 22.4. The van der Waals surface area contributed by atoms with Crippen LogP contribution in [-0.4, -0.2) is 44.4 Å². The lowest BCUT2D eigenvalue weighted by Gasteiger charge is -2.25. The molecule has 0 bridgehead atoms. The molecule has 0 aliphatic heterocycles. The van der Waals surface area contributed by atoms with E-state index in [-0.39, 0.29) is 6.10 Å². The van der Waals surface area contributed by atoms with Gasteiger partial charge in [0.05, 0.1) is 12.7 Å². The number of nitrogens with zero attached hydrogens (tertiary/aromatic N) is 1.